The number of nitrogens with zero attached hydrogens (tertiary/aromatic N) is 1. The van der Waals surface area contributed by atoms with Crippen molar-refractivity contribution in [3.63, 3.8) is 0 Å². The molecule has 3 heteroatoms. The first-order chi connectivity index (χ1) is 7.33. The minimum atomic E-state index is 1.07. The highest BCUT2D eigenvalue weighted by molar-refractivity contribution is 7.13. The minimum absolute atomic E-state index is 1.07. The Morgan fingerprint density at radius 1 is 1.40 bits per heavy atom. The molecule has 1 aromatic carbocycles. The Kier molecular flexibility index (Phi) is 1.99. The third kappa shape index (κ3) is 1.53. The molecule has 1 aromatic heterocycles. The van der Waals surface area contributed by atoms with Crippen LogP contribution in [0, 0.1) is 6.92 Å². The standard InChI is InChI=1S/C12H12N2S/c1-8-7-15-12(14-8)10-2-3-11-9(6-10)4-5-13-11/h2-3,6-7,13H,4-5H2,1H3. The summed E-state index contributed by atoms with van der Waals surface area (Å²) in [6, 6.07) is 6.57. The van der Waals surface area contributed by atoms with Gasteiger partial charge >= 0.3 is 0 Å². The molecule has 2 aromatic rings. The molecule has 2 heterocycles. The van der Waals surface area contributed by atoms with Crippen molar-refractivity contribution in [2.75, 3.05) is 11.9 Å². The summed E-state index contributed by atoms with van der Waals surface area (Å²) >= 11 is 1.72. The molecule has 2 nitrogen and oxygen atoms in total. The zero-order valence-corrected chi connectivity index (χ0v) is 9.40. The molecule has 15 heavy (non-hydrogen) atoms. The van der Waals surface area contributed by atoms with Gasteiger partial charge in [-0.25, -0.2) is 4.98 Å². The Labute approximate surface area is 93.0 Å². The van der Waals surface area contributed by atoms with E-state index >= 15 is 0 Å². The maximum absolute atomic E-state index is 4.50. The molecule has 0 unspecified atom stereocenters. The molecule has 0 amide bonds. The minimum Gasteiger partial charge on any atom is -0.384 e. The number of fused-ring (bicyclic) bond motifs is 1. The van der Waals surface area contributed by atoms with Gasteiger partial charge in [0.05, 0.1) is 0 Å². The molecule has 0 bridgehead atoms. The van der Waals surface area contributed by atoms with Crippen LogP contribution >= 0.6 is 11.3 Å². The predicted molar refractivity (Wildman–Crippen MR) is 64.5 cm³/mol. The van der Waals surface area contributed by atoms with Gasteiger partial charge in [0.25, 0.3) is 0 Å². The summed E-state index contributed by atoms with van der Waals surface area (Å²) in [7, 11) is 0. The van der Waals surface area contributed by atoms with Gasteiger partial charge in [0.1, 0.15) is 5.01 Å². The van der Waals surface area contributed by atoms with E-state index in [-0.39, 0.29) is 0 Å². The van der Waals surface area contributed by atoms with Crippen LogP contribution in [0.5, 0.6) is 0 Å². The second-order valence-corrected chi connectivity index (χ2v) is 4.70. The Morgan fingerprint density at radius 2 is 2.33 bits per heavy atom. The second kappa shape index (κ2) is 3.35. The van der Waals surface area contributed by atoms with E-state index in [4.69, 9.17) is 0 Å². The SMILES string of the molecule is Cc1csc(-c2ccc3c(c2)CCN3)n1. The lowest BCUT2D eigenvalue weighted by atomic mass is 10.1. The molecule has 0 spiro atoms. The highest BCUT2D eigenvalue weighted by Crippen LogP contribution is 2.30. The summed E-state index contributed by atoms with van der Waals surface area (Å²) in [4.78, 5) is 4.50. The van der Waals surface area contributed by atoms with Crippen LogP contribution in [0.1, 0.15) is 11.3 Å². The highest BCUT2D eigenvalue weighted by Gasteiger charge is 2.11. The first-order valence-corrected chi connectivity index (χ1v) is 6.00. The molecular formula is C12H12N2S. The number of nitrogens with one attached hydrogen (secondary N) is 1. The largest absolute Gasteiger partial charge is 0.384 e. The zero-order valence-electron chi connectivity index (χ0n) is 8.58. The molecular weight excluding hydrogens is 204 g/mol. The third-order valence-corrected chi connectivity index (χ3v) is 3.69. The van der Waals surface area contributed by atoms with Crippen LogP contribution in [0.15, 0.2) is 23.6 Å². The van der Waals surface area contributed by atoms with Crippen molar-refractivity contribution in [3.05, 3.63) is 34.8 Å². The molecule has 1 aliphatic rings. The highest BCUT2D eigenvalue weighted by atomic mass is 32.1. The summed E-state index contributed by atoms with van der Waals surface area (Å²) < 4.78 is 0. The van der Waals surface area contributed by atoms with Gasteiger partial charge in [0.2, 0.25) is 0 Å². The van der Waals surface area contributed by atoms with Crippen molar-refractivity contribution in [3.8, 4) is 10.6 Å². The average molecular weight is 216 g/mol. The lowest BCUT2D eigenvalue weighted by Crippen LogP contribution is -1.90. The van der Waals surface area contributed by atoms with E-state index in [0.717, 1.165) is 23.7 Å². The van der Waals surface area contributed by atoms with Crippen LogP contribution < -0.4 is 5.32 Å². The fourth-order valence-electron chi connectivity index (χ4n) is 1.92. The Bertz CT molecular complexity index is 502. The number of hydrogen-bond donors (Lipinski definition) is 1. The van der Waals surface area contributed by atoms with Crippen LogP contribution in [0.4, 0.5) is 5.69 Å². The lowest BCUT2D eigenvalue weighted by Gasteiger charge is -2.01. The first-order valence-electron chi connectivity index (χ1n) is 5.12. The molecule has 3 rings (SSSR count). The smallest absolute Gasteiger partial charge is 0.123 e. The fourth-order valence-corrected chi connectivity index (χ4v) is 2.72. The van der Waals surface area contributed by atoms with Crippen molar-refractivity contribution in [2.24, 2.45) is 0 Å². The van der Waals surface area contributed by atoms with Gasteiger partial charge in [0, 0.05) is 28.9 Å². The third-order valence-electron chi connectivity index (χ3n) is 2.68. The van der Waals surface area contributed by atoms with Crippen LogP contribution in [0.3, 0.4) is 0 Å². The second-order valence-electron chi connectivity index (χ2n) is 3.84. The van der Waals surface area contributed by atoms with Gasteiger partial charge in [-0.05, 0) is 37.1 Å². The molecule has 0 saturated carbocycles. The summed E-state index contributed by atoms with van der Waals surface area (Å²) in [6.07, 6.45) is 1.13. The van der Waals surface area contributed by atoms with Crippen molar-refractivity contribution in [1.29, 1.82) is 0 Å². The van der Waals surface area contributed by atoms with Crippen LogP contribution in [0.25, 0.3) is 10.6 Å². The summed E-state index contributed by atoms with van der Waals surface area (Å²) in [5, 5.41) is 6.59. The van der Waals surface area contributed by atoms with E-state index in [1.54, 1.807) is 11.3 Å². The van der Waals surface area contributed by atoms with Crippen LogP contribution in [0.2, 0.25) is 0 Å². The zero-order chi connectivity index (χ0) is 10.3. The fraction of sp³-hybridized carbons (Fsp3) is 0.250. The Balaban J connectivity index is 2.06. The van der Waals surface area contributed by atoms with Crippen molar-refractivity contribution < 1.29 is 0 Å². The number of aromatic nitrogens is 1. The van der Waals surface area contributed by atoms with Crippen molar-refractivity contribution in [2.45, 2.75) is 13.3 Å². The molecule has 1 N–H and O–H groups in total. The maximum atomic E-state index is 4.50. The molecule has 0 radical (unpaired) electrons. The lowest BCUT2D eigenvalue weighted by molar-refractivity contribution is 1.11. The molecule has 1 aliphatic heterocycles. The average Bonchev–Trinajstić information content (AvgIpc) is 2.84. The van der Waals surface area contributed by atoms with E-state index in [2.05, 4.69) is 33.9 Å². The molecule has 0 saturated heterocycles. The van der Waals surface area contributed by atoms with E-state index < -0.39 is 0 Å². The van der Waals surface area contributed by atoms with Gasteiger partial charge in [-0.3, -0.25) is 0 Å². The van der Waals surface area contributed by atoms with E-state index in [0.29, 0.717) is 0 Å². The maximum Gasteiger partial charge on any atom is 0.123 e. The number of hydrogen-bond acceptors (Lipinski definition) is 3. The van der Waals surface area contributed by atoms with Gasteiger partial charge in [-0.1, -0.05) is 0 Å². The molecule has 76 valence electrons. The Morgan fingerprint density at radius 3 is 3.13 bits per heavy atom. The summed E-state index contributed by atoms with van der Waals surface area (Å²) in [5.41, 5.74) is 5.05. The monoisotopic (exact) mass is 216 g/mol. The van der Waals surface area contributed by atoms with Crippen molar-refractivity contribution in [1.82, 2.24) is 4.98 Å². The molecule has 0 fully saturated rings. The van der Waals surface area contributed by atoms with E-state index in [1.807, 2.05) is 6.92 Å². The summed E-state index contributed by atoms with van der Waals surface area (Å²) in [6.45, 7) is 3.10. The quantitative estimate of drug-likeness (QED) is 0.792. The first kappa shape index (κ1) is 8.92. The normalized spacial score (nSPS) is 13.7. The van der Waals surface area contributed by atoms with E-state index in [1.165, 1.54) is 16.8 Å². The number of aryl methyl sites for hydroxylation is 1. The van der Waals surface area contributed by atoms with Gasteiger partial charge in [0.15, 0.2) is 0 Å². The number of thiazole rings is 1. The van der Waals surface area contributed by atoms with Crippen molar-refractivity contribution >= 4 is 17.0 Å². The van der Waals surface area contributed by atoms with Gasteiger partial charge in [-0.15, -0.1) is 11.3 Å². The molecule has 0 aliphatic carbocycles. The topological polar surface area (TPSA) is 24.9 Å². The Hall–Kier alpha value is -1.35. The summed E-state index contributed by atoms with van der Waals surface area (Å²) in [5.74, 6) is 0. The predicted octanol–water partition coefficient (Wildman–Crippen LogP) is 3.09. The van der Waals surface area contributed by atoms with E-state index in [9.17, 15) is 0 Å². The number of benzene rings is 1. The number of anilines is 1. The van der Waals surface area contributed by atoms with Gasteiger partial charge in [-0.2, -0.15) is 0 Å². The number of rotatable bonds is 1. The van der Waals surface area contributed by atoms with Crippen LogP contribution in [-0.2, 0) is 6.42 Å². The molecule has 0 atom stereocenters. The van der Waals surface area contributed by atoms with Crippen LogP contribution in [-0.4, -0.2) is 11.5 Å². The van der Waals surface area contributed by atoms with Gasteiger partial charge < -0.3 is 5.32 Å².